The van der Waals surface area contributed by atoms with Crippen molar-refractivity contribution in [2.24, 2.45) is 0 Å². The molecule has 4 nitrogen and oxygen atoms in total. The lowest BCUT2D eigenvalue weighted by molar-refractivity contribution is -0.121. The minimum absolute atomic E-state index is 0.0565. The lowest BCUT2D eigenvalue weighted by Gasteiger charge is -2.06. The minimum atomic E-state index is 0.0565. The van der Waals surface area contributed by atoms with Gasteiger partial charge in [-0.2, -0.15) is 0 Å². The first-order valence-electron chi connectivity index (χ1n) is 7.35. The van der Waals surface area contributed by atoms with Crippen LogP contribution in [0.2, 0.25) is 5.02 Å². The number of rotatable bonds is 9. The van der Waals surface area contributed by atoms with Crippen LogP contribution in [0.25, 0.3) is 0 Å². The van der Waals surface area contributed by atoms with Gasteiger partial charge in [0.05, 0.1) is 6.26 Å². The maximum atomic E-state index is 11.7. The average Bonchev–Trinajstić information content (AvgIpc) is 3.03. The van der Waals surface area contributed by atoms with E-state index in [1.54, 1.807) is 6.26 Å². The topological polar surface area (TPSA) is 51.5 Å². The van der Waals surface area contributed by atoms with Crippen LogP contribution in [0.4, 0.5) is 0 Å². The number of nitrogens with one attached hydrogen (secondary N) is 1. The maximum absolute atomic E-state index is 11.7. The van der Waals surface area contributed by atoms with E-state index in [1.165, 1.54) is 0 Å². The van der Waals surface area contributed by atoms with Crippen LogP contribution in [0.5, 0.6) is 0 Å². The molecule has 1 heterocycles. The van der Waals surface area contributed by atoms with E-state index in [1.807, 2.05) is 36.4 Å². The van der Waals surface area contributed by atoms with Crippen LogP contribution in [0.1, 0.15) is 24.2 Å². The molecule has 0 saturated heterocycles. The van der Waals surface area contributed by atoms with E-state index in [9.17, 15) is 4.79 Å². The SMILES string of the molecule is O=C(CCc1ccc(Cl)cc1)NCCCOCc1ccco1. The molecule has 0 radical (unpaired) electrons. The Morgan fingerprint density at radius 1 is 1.23 bits per heavy atom. The first-order valence-corrected chi connectivity index (χ1v) is 7.73. The van der Waals surface area contributed by atoms with E-state index in [2.05, 4.69) is 5.32 Å². The highest BCUT2D eigenvalue weighted by atomic mass is 35.5. The lowest BCUT2D eigenvalue weighted by Crippen LogP contribution is -2.25. The van der Waals surface area contributed by atoms with Crippen molar-refractivity contribution in [1.82, 2.24) is 5.32 Å². The summed E-state index contributed by atoms with van der Waals surface area (Å²) in [6.45, 7) is 1.69. The van der Waals surface area contributed by atoms with Crippen molar-refractivity contribution in [3.05, 3.63) is 59.0 Å². The van der Waals surface area contributed by atoms with E-state index in [0.717, 1.165) is 24.2 Å². The zero-order chi connectivity index (χ0) is 15.6. The van der Waals surface area contributed by atoms with Gasteiger partial charge in [0, 0.05) is 24.6 Å². The van der Waals surface area contributed by atoms with E-state index in [4.69, 9.17) is 20.8 Å². The molecule has 0 bridgehead atoms. The lowest BCUT2D eigenvalue weighted by atomic mass is 10.1. The molecule has 0 aliphatic rings. The van der Waals surface area contributed by atoms with E-state index >= 15 is 0 Å². The third kappa shape index (κ3) is 6.33. The van der Waals surface area contributed by atoms with Crippen LogP contribution in [0.15, 0.2) is 47.1 Å². The largest absolute Gasteiger partial charge is 0.467 e. The summed E-state index contributed by atoms with van der Waals surface area (Å²) in [6, 6.07) is 11.3. The monoisotopic (exact) mass is 321 g/mol. The molecular weight excluding hydrogens is 302 g/mol. The number of ether oxygens (including phenoxy) is 1. The normalized spacial score (nSPS) is 10.6. The van der Waals surface area contributed by atoms with E-state index in [0.29, 0.717) is 31.2 Å². The second kappa shape index (κ2) is 9.28. The number of furan rings is 1. The van der Waals surface area contributed by atoms with Gasteiger partial charge < -0.3 is 14.5 Å². The molecule has 2 rings (SSSR count). The Bertz CT molecular complexity index is 552. The van der Waals surface area contributed by atoms with Gasteiger partial charge in [0.15, 0.2) is 0 Å². The predicted molar refractivity (Wildman–Crippen MR) is 85.8 cm³/mol. The number of hydrogen-bond donors (Lipinski definition) is 1. The molecule has 2 aromatic rings. The number of halogens is 1. The summed E-state index contributed by atoms with van der Waals surface area (Å²) >= 11 is 5.82. The van der Waals surface area contributed by atoms with Crippen molar-refractivity contribution < 1.29 is 13.9 Å². The fourth-order valence-electron chi connectivity index (χ4n) is 1.97. The Morgan fingerprint density at radius 2 is 2.05 bits per heavy atom. The molecular formula is C17H20ClNO3. The van der Waals surface area contributed by atoms with Gasteiger partial charge in [-0.05, 0) is 42.7 Å². The van der Waals surface area contributed by atoms with Gasteiger partial charge in [0.2, 0.25) is 5.91 Å². The first-order chi connectivity index (χ1) is 10.7. The van der Waals surface area contributed by atoms with Crippen LogP contribution in [0, 0.1) is 0 Å². The highest BCUT2D eigenvalue weighted by Gasteiger charge is 2.02. The van der Waals surface area contributed by atoms with Crippen LogP contribution < -0.4 is 5.32 Å². The molecule has 5 heteroatoms. The standard InChI is InChI=1S/C17H20ClNO3/c18-15-7-4-14(5-8-15)6-9-17(20)19-10-2-11-21-13-16-3-1-12-22-16/h1,3-5,7-8,12H,2,6,9-11,13H2,(H,19,20). The molecule has 1 N–H and O–H groups in total. The number of benzene rings is 1. The first kappa shape index (κ1) is 16.6. The Labute approximate surface area is 135 Å². The number of aryl methyl sites for hydroxylation is 1. The van der Waals surface area contributed by atoms with Crippen molar-refractivity contribution in [2.45, 2.75) is 25.9 Å². The summed E-state index contributed by atoms with van der Waals surface area (Å²) < 4.78 is 10.6. The molecule has 0 spiro atoms. The number of carbonyl (C=O) groups excluding carboxylic acids is 1. The molecule has 0 unspecified atom stereocenters. The van der Waals surface area contributed by atoms with Gasteiger partial charge >= 0.3 is 0 Å². The van der Waals surface area contributed by atoms with Crippen LogP contribution >= 0.6 is 11.6 Å². The summed E-state index contributed by atoms with van der Waals surface area (Å²) in [5.41, 5.74) is 1.11. The smallest absolute Gasteiger partial charge is 0.220 e. The number of hydrogen-bond acceptors (Lipinski definition) is 3. The van der Waals surface area contributed by atoms with Gasteiger partial charge in [-0.25, -0.2) is 0 Å². The highest BCUT2D eigenvalue weighted by molar-refractivity contribution is 6.30. The van der Waals surface area contributed by atoms with Crippen LogP contribution in [-0.2, 0) is 22.6 Å². The van der Waals surface area contributed by atoms with Gasteiger partial charge in [0.1, 0.15) is 12.4 Å². The van der Waals surface area contributed by atoms with Gasteiger partial charge in [-0.3, -0.25) is 4.79 Å². The molecule has 22 heavy (non-hydrogen) atoms. The third-order valence-corrected chi connectivity index (χ3v) is 3.42. The fourth-order valence-corrected chi connectivity index (χ4v) is 2.09. The molecule has 0 aliphatic heterocycles. The molecule has 0 saturated carbocycles. The predicted octanol–water partition coefficient (Wildman–Crippen LogP) is 3.59. The fraction of sp³-hybridized carbons (Fsp3) is 0.353. The zero-order valence-corrected chi connectivity index (χ0v) is 13.1. The summed E-state index contributed by atoms with van der Waals surface area (Å²) in [4.78, 5) is 11.7. The molecule has 0 atom stereocenters. The molecule has 1 aromatic carbocycles. The summed E-state index contributed by atoms with van der Waals surface area (Å²) in [5, 5.41) is 3.60. The quantitative estimate of drug-likeness (QED) is 0.718. The van der Waals surface area contributed by atoms with Crippen molar-refractivity contribution in [1.29, 1.82) is 0 Å². The minimum Gasteiger partial charge on any atom is -0.467 e. The average molecular weight is 322 g/mol. The summed E-state index contributed by atoms with van der Waals surface area (Å²) in [7, 11) is 0. The van der Waals surface area contributed by atoms with Gasteiger partial charge in [0.25, 0.3) is 0 Å². The second-order valence-electron chi connectivity index (χ2n) is 4.96. The molecule has 0 aliphatic carbocycles. The third-order valence-electron chi connectivity index (χ3n) is 3.17. The zero-order valence-electron chi connectivity index (χ0n) is 12.4. The summed E-state index contributed by atoms with van der Waals surface area (Å²) in [6.07, 6.45) is 3.61. The maximum Gasteiger partial charge on any atom is 0.220 e. The van der Waals surface area contributed by atoms with Crippen molar-refractivity contribution in [3.8, 4) is 0 Å². The van der Waals surface area contributed by atoms with Crippen molar-refractivity contribution in [3.63, 3.8) is 0 Å². The second-order valence-corrected chi connectivity index (χ2v) is 5.40. The van der Waals surface area contributed by atoms with E-state index in [-0.39, 0.29) is 5.91 Å². The number of carbonyl (C=O) groups is 1. The molecule has 0 fully saturated rings. The Hall–Kier alpha value is -1.78. The number of amides is 1. The van der Waals surface area contributed by atoms with Crippen molar-refractivity contribution in [2.75, 3.05) is 13.2 Å². The molecule has 1 aromatic heterocycles. The Morgan fingerprint density at radius 3 is 2.77 bits per heavy atom. The highest BCUT2D eigenvalue weighted by Crippen LogP contribution is 2.10. The van der Waals surface area contributed by atoms with Crippen molar-refractivity contribution >= 4 is 17.5 Å². The van der Waals surface area contributed by atoms with E-state index < -0.39 is 0 Å². The Balaban J connectivity index is 1.49. The van der Waals surface area contributed by atoms with Crippen LogP contribution in [-0.4, -0.2) is 19.1 Å². The van der Waals surface area contributed by atoms with Crippen LogP contribution in [0.3, 0.4) is 0 Å². The summed E-state index contributed by atoms with van der Waals surface area (Å²) in [5.74, 6) is 0.869. The van der Waals surface area contributed by atoms with Gasteiger partial charge in [-0.15, -0.1) is 0 Å². The molecule has 118 valence electrons. The Kier molecular flexibility index (Phi) is 7.00. The van der Waals surface area contributed by atoms with Gasteiger partial charge in [-0.1, -0.05) is 23.7 Å². The molecule has 1 amide bonds.